The molecule has 3 heteroatoms. The lowest BCUT2D eigenvalue weighted by molar-refractivity contribution is 0.281. The van der Waals surface area contributed by atoms with Gasteiger partial charge in [0.15, 0.2) is 0 Å². The van der Waals surface area contributed by atoms with E-state index in [-0.39, 0.29) is 0 Å². The molecule has 0 aliphatic carbocycles. The second kappa shape index (κ2) is 6.42. The van der Waals surface area contributed by atoms with Crippen molar-refractivity contribution in [2.75, 3.05) is 13.2 Å². The average molecular weight is 287 g/mol. The van der Waals surface area contributed by atoms with Crippen molar-refractivity contribution in [1.29, 1.82) is 0 Å². The number of benzene rings is 1. The Morgan fingerprint density at radius 1 is 1.30 bits per heavy atom. The summed E-state index contributed by atoms with van der Waals surface area (Å²) < 4.78 is 5.96. The third-order valence-electron chi connectivity index (χ3n) is 3.78. The molecule has 0 amide bonds. The molecule has 0 saturated heterocycles. The fourth-order valence-corrected chi connectivity index (χ4v) is 3.61. The maximum Gasteiger partial charge on any atom is 0.127 e. The van der Waals surface area contributed by atoms with Crippen molar-refractivity contribution in [2.24, 2.45) is 0 Å². The number of likely N-dealkylation sites (N-methyl/N-ethyl adjacent to an activating group) is 1. The number of thiophene rings is 1. The Morgan fingerprint density at radius 2 is 2.25 bits per heavy atom. The summed E-state index contributed by atoms with van der Waals surface area (Å²) in [7, 11) is 0. The molecular formula is C17H21NOS. The Kier molecular flexibility index (Phi) is 4.38. The third-order valence-corrected chi connectivity index (χ3v) is 4.67. The Morgan fingerprint density at radius 3 is 3.05 bits per heavy atom. The molecule has 0 fully saturated rings. The van der Waals surface area contributed by atoms with Crippen molar-refractivity contribution in [1.82, 2.24) is 5.32 Å². The molecule has 1 unspecified atom stereocenters. The van der Waals surface area contributed by atoms with Gasteiger partial charge >= 0.3 is 0 Å². The topological polar surface area (TPSA) is 21.3 Å². The summed E-state index contributed by atoms with van der Waals surface area (Å²) in [6.07, 6.45) is 3.31. The van der Waals surface area contributed by atoms with Crippen LogP contribution in [0.15, 0.2) is 35.7 Å². The molecule has 1 aromatic heterocycles. The van der Waals surface area contributed by atoms with E-state index in [0.29, 0.717) is 6.04 Å². The first-order valence-corrected chi connectivity index (χ1v) is 8.27. The van der Waals surface area contributed by atoms with Crippen LogP contribution in [0.25, 0.3) is 0 Å². The molecule has 106 valence electrons. The number of hydrogen-bond acceptors (Lipinski definition) is 3. The molecule has 1 aliphatic rings. The molecule has 2 nitrogen and oxygen atoms in total. The van der Waals surface area contributed by atoms with Crippen LogP contribution in [-0.4, -0.2) is 13.2 Å². The average Bonchev–Trinajstić information content (AvgIpc) is 2.99. The van der Waals surface area contributed by atoms with E-state index in [1.807, 2.05) is 11.3 Å². The van der Waals surface area contributed by atoms with Crippen LogP contribution in [0.4, 0.5) is 0 Å². The fourth-order valence-electron chi connectivity index (χ4n) is 2.86. The Balaban J connectivity index is 1.90. The minimum atomic E-state index is 0.340. The second-order valence-electron chi connectivity index (χ2n) is 5.18. The molecule has 2 aromatic rings. The zero-order chi connectivity index (χ0) is 13.8. The van der Waals surface area contributed by atoms with Crippen molar-refractivity contribution < 1.29 is 4.74 Å². The molecule has 1 atom stereocenters. The van der Waals surface area contributed by atoms with E-state index in [1.54, 1.807) is 0 Å². The van der Waals surface area contributed by atoms with Crippen molar-refractivity contribution in [3.05, 3.63) is 51.7 Å². The highest BCUT2D eigenvalue weighted by atomic mass is 32.1. The van der Waals surface area contributed by atoms with Crippen molar-refractivity contribution in [2.45, 2.75) is 32.2 Å². The van der Waals surface area contributed by atoms with E-state index in [1.165, 1.54) is 16.0 Å². The van der Waals surface area contributed by atoms with E-state index in [2.05, 4.69) is 48.0 Å². The van der Waals surface area contributed by atoms with Gasteiger partial charge in [-0.25, -0.2) is 0 Å². The molecule has 2 heterocycles. The minimum Gasteiger partial charge on any atom is -0.493 e. The van der Waals surface area contributed by atoms with E-state index in [0.717, 1.165) is 38.2 Å². The number of nitrogens with one attached hydrogen (secondary N) is 1. The molecule has 1 aromatic carbocycles. The van der Waals surface area contributed by atoms with Gasteiger partial charge in [0.1, 0.15) is 5.75 Å². The Bertz CT molecular complexity index is 550. The van der Waals surface area contributed by atoms with Gasteiger partial charge in [0, 0.05) is 22.9 Å². The molecule has 0 spiro atoms. The van der Waals surface area contributed by atoms with Gasteiger partial charge in [0.2, 0.25) is 0 Å². The Labute approximate surface area is 124 Å². The van der Waals surface area contributed by atoms with Crippen molar-refractivity contribution in [3.8, 4) is 5.75 Å². The summed E-state index contributed by atoms with van der Waals surface area (Å²) in [6, 6.07) is 11.3. The van der Waals surface area contributed by atoms with Gasteiger partial charge in [0.25, 0.3) is 0 Å². The zero-order valence-electron chi connectivity index (χ0n) is 11.9. The van der Waals surface area contributed by atoms with Crippen LogP contribution >= 0.6 is 11.3 Å². The highest BCUT2D eigenvalue weighted by Gasteiger charge is 2.21. The molecule has 20 heavy (non-hydrogen) atoms. The molecule has 3 rings (SSSR count). The lowest BCUT2D eigenvalue weighted by Crippen LogP contribution is -2.24. The smallest absolute Gasteiger partial charge is 0.127 e. The lowest BCUT2D eigenvalue weighted by Gasteiger charge is -2.25. The molecule has 0 radical (unpaired) electrons. The number of fused-ring (bicyclic) bond motifs is 1. The van der Waals surface area contributed by atoms with Crippen LogP contribution in [0.5, 0.6) is 5.75 Å². The monoisotopic (exact) mass is 287 g/mol. The molecule has 0 bridgehead atoms. The van der Waals surface area contributed by atoms with Gasteiger partial charge in [-0.2, -0.15) is 0 Å². The number of hydrogen-bond donors (Lipinski definition) is 1. The summed E-state index contributed by atoms with van der Waals surface area (Å²) in [5.41, 5.74) is 2.68. The van der Waals surface area contributed by atoms with Crippen molar-refractivity contribution >= 4 is 11.3 Å². The zero-order valence-corrected chi connectivity index (χ0v) is 12.7. The summed E-state index contributed by atoms with van der Waals surface area (Å²) in [5, 5.41) is 5.76. The van der Waals surface area contributed by atoms with Crippen molar-refractivity contribution in [3.63, 3.8) is 0 Å². The first-order chi connectivity index (χ1) is 9.88. The quantitative estimate of drug-likeness (QED) is 0.898. The van der Waals surface area contributed by atoms with Gasteiger partial charge in [0.05, 0.1) is 6.61 Å². The summed E-state index contributed by atoms with van der Waals surface area (Å²) >= 11 is 1.83. The van der Waals surface area contributed by atoms with Gasteiger partial charge in [-0.05, 0) is 36.4 Å². The summed E-state index contributed by atoms with van der Waals surface area (Å²) in [5.74, 6) is 1.13. The standard InChI is InChI=1S/C17H21NOS/c1-2-18-16(12-14-8-5-11-20-14)15-9-3-6-13-7-4-10-19-17(13)15/h3,5-6,8-9,11,16,18H,2,4,7,10,12H2,1H3. The van der Waals surface area contributed by atoms with Gasteiger partial charge < -0.3 is 10.1 Å². The maximum absolute atomic E-state index is 5.96. The second-order valence-corrected chi connectivity index (χ2v) is 6.21. The molecule has 1 N–H and O–H groups in total. The first kappa shape index (κ1) is 13.7. The third kappa shape index (κ3) is 2.89. The van der Waals surface area contributed by atoms with Gasteiger partial charge in [-0.3, -0.25) is 0 Å². The van der Waals surface area contributed by atoms with E-state index in [9.17, 15) is 0 Å². The SMILES string of the molecule is CCNC(Cc1cccs1)c1cccc2c1OCCC2. The molecule has 1 aliphatic heterocycles. The summed E-state index contributed by atoms with van der Waals surface area (Å²) in [6.45, 7) is 3.99. The molecule has 0 saturated carbocycles. The normalized spacial score (nSPS) is 15.4. The predicted molar refractivity (Wildman–Crippen MR) is 84.7 cm³/mol. The van der Waals surface area contributed by atoms with Crippen LogP contribution in [0.3, 0.4) is 0 Å². The minimum absolute atomic E-state index is 0.340. The van der Waals surface area contributed by atoms with Gasteiger partial charge in [-0.1, -0.05) is 31.2 Å². The van der Waals surface area contributed by atoms with Crippen LogP contribution in [0.2, 0.25) is 0 Å². The van der Waals surface area contributed by atoms with Gasteiger partial charge in [-0.15, -0.1) is 11.3 Å². The van der Waals surface area contributed by atoms with E-state index in [4.69, 9.17) is 4.74 Å². The Hall–Kier alpha value is -1.32. The highest BCUT2D eigenvalue weighted by Crippen LogP contribution is 2.34. The number of aryl methyl sites for hydroxylation is 1. The van der Waals surface area contributed by atoms with Crippen LogP contribution in [0.1, 0.15) is 35.4 Å². The first-order valence-electron chi connectivity index (χ1n) is 7.39. The lowest BCUT2D eigenvalue weighted by atomic mass is 9.96. The number of ether oxygens (including phenoxy) is 1. The van der Waals surface area contributed by atoms with Crippen LogP contribution in [-0.2, 0) is 12.8 Å². The largest absolute Gasteiger partial charge is 0.493 e. The van der Waals surface area contributed by atoms with E-state index < -0.39 is 0 Å². The number of para-hydroxylation sites is 1. The van der Waals surface area contributed by atoms with E-state index >= 15 is 0 Å². The predicted octanol–water partition coefficient (Wildman–Crippen LogP) is 3.97. The summed E-state index contributed by atoms with van der Waals surface area (Å²) in [4.78, 5) is 1.42. The maximum atomic E-state index is 5.96. The number of rotatable bonds is 5. The molecular weight excluding hydrogens is 266 g/mol. The van der Waals surface area contributed by atoms with Crippen LogP contribution in [0, 0.1) is 0 Å². The fraction of sp³-hybridized carbons (Fsp3) is 0.412. The van der Waals surface area contributed by atoms with Crippen LogP contribution < -0.4 is 10.1 Å². The highest BCUT2D eigenvalue weighted by molar-refractivity contribution is 7.09.